The lowest BCUT2D eigenvalue weighted by Crippen LogP contribution is -2.11. The lowest BCUT2D eigenvalue weighted by atomic mass is 10.2. The van der Waals surface area contributed by atoms with Crippen LogP contribution in [0.3, 0.4) is 0 Å². The van der Waals surface area contributed by atoms with E-state index in [4.69, 9.17) is 9.59 Å². The Labute approximate surface area is 83.9 Å². The van der Waals surface area contributed by atoms with Crippen molar-refractivity contribution in [3.63, 3.8) is 0 Å². The minimum Gasteiger partial charge on any atom is -0.432 e. The highest BCUT2D eigenvalue weighted by molar-refractivity contribution is 6.46. The summed E-state index contributed by atoms with van der Waals surface area (Å²) in [6.45, 7) is 5.68. The minimum absolute atomic E-state index is 0.0736. The molecular formula is C9H15O2Si2. The van der Waals surface area contributed by atoms with Crippen molar-refractivity contribution in [1.82, 2.24) is 0 Å². The van der Waals surface area contributed by atoms with Crippen molar-refractivity contribution in [2.24, 2.45) is 0 Å². The SMILES string of the molecule is C[Si](C)O.Cc1ccc([Si]O)cc1. The Morgan fingerprint density at radius 3 is 1.85 bits per heavy atom. The minimum atomic E-state index is -0.880. The van der Waals surface area contributed by atoms with Gasteiger partial charge in [0, 0.05) is 0 Å². The van der Waals surface area contributed by atoms with Gasteiger partial charge >= 0.3 is 0 Å². The van der Waals surface area contributed by atoms with Crippen LogP contribution in [-0.4, -0.2) is 28.4 Å². The second kappa shape index (κ2) is 7.02. The molecule has 0 unspecified atom stereocenters. The summed E-state index contributed by atoms with van der Waals surface area (Å²) in [5.41, 5.74) is 1.23. The zero-order valence-corrected chi connectivity index (χ0v) is 10.2. The van der Waals surface area contributed by atoms with Crippen LogP contribution in [0.4, 0.5) is 0 Å². The number of rotatable bonds is 1. The highest BCUT2D eigenvalue weighted by Crippen LogP contribution is 1.90. The first-order valence-corrected chi connectivity index (χ1v) is 7.41. The molecule has 0 aliphatic carbocycles. The molecule has 0 amide bonds. The van der Waals surface area contributed by atoms with Crippen LogP contribution in [0, 0.1) is 6.92 Å². The van der Waals surface area contributed by atoms with Gasteiger partial charge in [-0.2, -0.15) is 0 Å². The average Bonchev–Trinajstić information content (AvgIpc) is 2.05. The maximum absolute atomic E-state index is 8.66. The molecule has 1 aromatic carbocycles. The molecule has 13 heavy (non-hydrogen) atoms. The summed E-state index contributed by atoms with van der Waals surface area (Å²) in [6.07, 6.45) is 0. The standard InChI is InChI=1S/C7H8OSi.C2H7OSi/c1-6-2-4-7(9-8)5-3-6;1-4(2)3/h2-5,8H,1H3;3H,1-2H3. The highest BCUT2D eigenvalue weighted by Gasteiger charge is 1.88. The van der Waals surface area contributed by atoms with Crippen molar-refractivity contribution in [3.8, 4) is 0 Å². The van der Waals surface area contributed by atoms with Crippen LogP contribution in [0.2, 0.25) is 13.1 Å². The molecule has 0 bridgehead atoms. The molecular weight excluding hydrogens is 196 g/mol. The molecule has 0 saturated carbocycles. The monoisotopic (exact) mass is 211 g/mol. The van der Waals surface area contributed by atoms with E-state index in [1.807, 2.05) is 44.3 Å². The van der Waals surface area contributed by atoms with E-state index >= 15 is 0 Å². The van der Waals surface area contributed by atoms with Gasteiger partial charge in [-0.25, -0.2) is 0 Å². The Hall–Kier alpha value is -0.426. The Morgan fingerprint density at radius 2 is 1.54 bits per heavy atom. The van der Waals surface area contributed by atoms with Crippen molar-refractivity contribution in [3.05, 3.63) is 29.8 Å². The quantitative estimate of drug-likeness (QED) is 0.663. The van der Waals surface area contributed by atoms with E-state index in [0.717, 1.165) is 5.19 Å². The maximum Gasteiger partial charge on any atom is 0.265 e. The summed E-state index contributed by atoms with van der Waals surface area (Å²) < 4.78 is 0. The lowest BCUT2D eigenvalue weighted by molar-refractivity contribution is 0.587. The average molecular weight is 211 g/mol. The van der Waals surface area contributed by atoms with Gasteiger partial charge < -0.3 is 9.59 Å². The van der Waals surface area contributed by atoms with E-state index in [1.54, 1.807) is 0 Å². The van der Waals surface area contributed by atoms with Crippen LogP contribution in [0.25, 0.3) is 0 Å². The second-order valence-electron chi connectivity index (χ2n) is 2.93. The van der Waals surface area contributed by atoms with Crippen molar-refractivity contribution in [2.45, 2.75) is 20.0 Å². The van der Waals surface area contributed by atoms with Gasteiger partial charge in [0.2, 0.25) is 0 Å². The zero-order valence-electron chi connectivity index (χ0n) is 8.20. The summed E-state index contributed by atoms with van der Waals surface area (Å²) in [7, 11) is -0.953. The molecule has 0 saturated heterocycles. The number of hydrogen-bond donors (Lipinski definition) is 2. The smallest absolute Gasteiger partial charge is 0.265 e. The number of benzene rings is 1. The first-order chi connectivity index (χ1) is 6.06. The van der Waals surface area contributed by atoms with Gasteiger partial charge in [-0.3, -0.25) is 0 Å². The van der Waals surface area contributed by atoms with Crippen LogP contribution >= 0.6 is 0 Å². The molecule has 1 rings (SSSR count). The van der Waals surface area contributed by atoms with E-state index in [2.05, 4.69) is 0 Å². The summed E-state index contributed by atoms with van der Waals surface area (Å²) in [6, 6.07) is 7.87. The summed E-state index contributed by atoms with van der Waals surface area (Å²) in [5, 5.41) is 1.00. The first kappa shape index (κ1) is 12.6. The van der Waals surface area contributed by atoms with Gasteiger partial charge in [0.25, 0.3) is 9.76 Å². The van der Waals surface area contributed by atoms with Crippen molar-refractivity contribution in [1.29, 1.82) is 0 Å². The molecule has 0 heterocycles. The number of aryl methyl sites for hydroxylation is 1. The van der Waals surface area contributed by atoms with Crippen LogP contribution in [0.15, 0.2) is 24.3 Å². The molecule has 0 aliphatic rings. The normalized spacial score (nSPS) is 9.38. The van der Waals surface area contributed by atoms with Gasteiger partial charge in [0.1, 0.15) is 0 Å². The predicted molar refractivity (Wildman–Crippen MR) is 58.5 cm³/mol. The molecule has 3 radical (unpaired) electrons. The van der Waals surface area contributed by atoms with Crippen LogP contribution < -0.4 is 5.19 Å². The Bertz CT molecular complexity index is 219. The van der Waals surface area contributed by atoms with E-state index < -0.39 is 9.04 Å². The summed E-state index contributed by atoms with van der Waals surface area (Å²) in [5.74, 6) is 0. The molecule has 0 fully saturated rings. The molecule has 0 aromatic heterocycles. The maximum atomic E-state index is 8.66. The van der Waals surface area contributed by atoms with Gasteiger partial charge in [-0.05, 0) is 25.2 Å². The van der Waals surface area contributed by atoms with Gasteiger partial charge in [-0.15, -0.1) is 0 Å². The summed E-state index contributed by atoms with van der Waals surface area (Å²) >= 11 is 0. The van der Waals surface area contributed by atoms with Crippen molar-refractivity contribution >= 4 is 24.0 Å². The van der Waals surface area contributed by atoms with Gasteiger partial charge in [-0.1, -0.05) is 29.8 Å². The Balaban J connectivity index is 0.000000310. The first-order valence-electron chi connectivity index (χ1n) is 4.02. The van der Waals surface area contributed by atoms with Crippen LogP contribution in [-0.2, 0) is 0 Å². The van der Waals surface area contributed by atoms with E-state index in [0.29, 0.717) is 0 Å². The highest BCUT2D eigenvalue weighted by atomic mass is 28.3. The summed E-state index contributed by atoms with van der Waals surface area (Å²) in [4.78, 5) is 16.8. The zero-order chi connectivity index (χ0) is 10.3. The largest absolute Gasteiger partial charge is 0.432 e. The lowest BCUT2D eigenvalue weighted by Gasteiger charge is -1.92. The second-order valence-corrected chi connectivity index (χ2v) is 5.62. The molecule has 4 heteroatoms. The molecule has 0 spiro atoms. The molecule has 0 atom stereocenters. The van der Waals surface area contributed by atoms with E-state index in [-0.39, 0.29) is 9.76 Å². The van der Waals surface area contributed by atoms with Gasteiger partial charge in [0.15, 0.2) is 9.04 Å². The van der Waals surface area contributed by atoms with Crippen molar-refractivity contribution in [2.75, 3.05) is 0 Å². The van der Waals surface area contributed by atoms with E-state index in [1.165, 1.54) is 5.56 Å². The fraction of sp³-hybridized carbons (Fsp3) is 0.333. The third-order valence-corrected chi connectivity index (χ3v) is 1.77. The topological polar surface area (TPSA) is 40.5 Å². The third-order valence-electron chi connectivity index (χ3n) is 1.18. The predicted octanol–water partition coefficient (Wildman–Crippen LogP) is 0.462. The van der Waals surface area contributed by atoms with E-state index in [9.17, 15) is 0 Å². The fourth-order valence-electron chi connectivity index (χ4n) is 0.628. The molecule has 2 nitrogen and oxygen atoms in total. The molecule has 2 N–H and O–H groups in total. The molecule has 1 aromatic rings. The van der Waals surface area contributed by atoms with Crippen LogP contribution in [0.1, 0.15) is 5.56 Å². The molecule has 0 aliphatic heterocycles. The Kier molecular flexibility index (Phi) is 6.79. The van der Waals surface area contributed by atoms with Crippen LogP contribution in [0.5, 0.6) is 0 Å². The third kappa shape index (κ3) is 7.92. The van der Waals surface area contributed by atoms with Crippen molar-refractivity contribution < 1.29 is 9.59 Å². The van der Waals surface area contributed by atoms with Gasteiger partial charge in [0.05, 0.1) is 0 Å². The number of hydrogen-bond acceptors (Lipinski definition) is 2. The Morgan fingerprint density at radius 1 is 1.15 bits per heavy atom. The fourth-order valence-corrected chi connectivity index (χ4v) is 0.944. The molecule has 71 valence electrons.